The second-order valence-electron chi connectivity index (χ2n) is 6.82. The lowest BCUT2D eigenvalue weighted by atomic mass is 10.2. The Kier molecular flexibility index (Phi) is 6.11. The summed E-state index contributed by atoms with van der Waals surface area (Å²) in [7, 11) is 0. The largest absolute Gasteiger partial charge is 0.346 e. The first kappa shape index (κ1) is 19.3. The van der Waals surface area contributed by atoms with Crippen LogP contribution in [0.25, 0.3) is 0 Å². The number of aromatic nitrogens is 2. The van der Waals surface area contributed by atoms with Crippen LogP contribution in [-0.2, 0) is 13.1 Å². The summed E-state index contributed by atoms with van der Waals surface area (Å²) in [6.45, 7) is 1.06. The molecule has 30 heavy (non-hydrogen) atoms. The Labute approximate surface area is 176 Å². The Bertz CT molecular complexity index is 1070. The van der Waals surface area contributed by atoms with Gasteiger partial charge in [0.25, 0.3) is 5.91 Å². The molecule has 2 aromatic carbocycles. The molecule has 4 rings (SSSR count). The minimum Gasteiger partial charge on any atom is -0.346 e. The van der Waals surface area contributed by atoms with Crippen LogP contribution >= 0.6 is 0 Å². The van der Waals surface area contributed by atoms with Crippen molar-refractivity contribution in [2.75, 3.05) is 4.90 Å². The lowest BCUT2D eigenvalue weighted by Crippen LogP contribution is -2.24. The molecule has 0 unspecified atom stereocenters. The van der Waals surface area contributed by atoms with Crippen molar-refractivity contribution < 1.29 is 4.79 Å². The Morgan fingerprint density at radius 2 is 1.53 bits per heavy atom. The summed E-state index contributed by atoms with van der Waals surface area (Å²) in [6, 6.07) is 29.7. The van der Waals surface area contributed by atoms with Crippen molar-refractivity contribution in [2.45, 2.75) is 13.1 Å². The number of hydrogen-bond acceptors (Lipinski definition) is 4. The fraction of sp³-hybridized carbons (Fsp3) is 0.0800. The van der Waals surface area contributed by atoms with Crippen molar-refractivity contribution in [2.24, 2.45) is 0 Å². The van der Waals surface area contributed by atoms with Gasteiger partial charge in [0, 0.05) is 24.6 Å². The second-order valence-corrected chi connectivity index (χ2v) is 6.82. The van der Waals surface area contributed by atoms with Gasteiger partial charge in [0.2, 0.25) is 0 Å². The van der Waals surface area contributed by atoms with Gasteiger partial charge in [-0.05, 0) is 42.0 Å². The number of nitrogens with zero attached hydrogens (tertiary/aromatic N) is 3. The zero-order chi connectivity index (χ0) is 20.6. The van der Waals surface area contributed by atoms with Gasteiger partial charge < -0.3 is 10.2 Å². The zero-order valence-electron chi connectivity index (χ0n) is 16.5. The molecule has 5 nitrogen and oxygen atoms in total. The van der Waals surface area contributed by atoms with Crippen molar-refractivity contribution >= 4 is 17.4 Å². The monoisotopic (exact) mass is 394 g/mol. The standard InChI is InChI=1S/C25H22N4O/c30-25(28-18-22-11-7-8-16-26-22)21-14-15-24(27-17-21)29(23-12-5-2-6-13-23)19-20-9-3-1-4-10-20/h1-17H,18-19H2,(H,28,30). The van der Waals surface area contributed by atoms with E-state index in [-0.39, 0.29) is 5.91 Å². The molecular weight excluding hydrogens is 372 g/mol. The van der Waals surface area contributed by atoms with E-state index in [2.05, 4.69) is 44.5 Å². The highest BCUT2D eigenvalue weighted by Crippen LogP contribution is 2.25. The fourth-order valence-corrected chi connectivity index (χ4v) is 3.13. The zero-order valence-corrected chi connectivity index (χ0v) is 16.5. The average Bonchev–Trinajstić information content (AvgIpc) is 2.83. The van der Waals surface area contributed by atoms with Crippen LogP contribution in [0.1, 0.15) is 21.6 Å². The van der Waals surface area contributed by atoms with Crippen LogP contribution in [0.3, 0.4) is 0 Å². The Morgan fingerprint density at radius 3 is 2.20 bits per heavy atom. The maximum Gasteiger partial charge on any atom is 0.253 e. The molecule has 0 aliphatic rings. The fourth-order valence-electron chi connectivity index (χ4n) is 3.13. The van der Waals surface area contributed by atoms with E-state index < -0.39 is 0 Å². The summed E-state index contributed by atoms with van der Waals surface area (Å²) in [5.41, 5.74) is 3.55. The van der Waals surface area contributed by atoms with Gasteiger partial charge in [-0.15, -0.1) is 0 Å². The Balaban J connectivity index is 1.51. The SMILES string of the molecule is O=C(NCc1ccccn1)c1ccc(N(Cc2ccccc2)c2ccccc2)nc1. The molecule has 148 valence electrons. The number of pyridine rings is 2. The van der Waals surface area contributed by atoms with Gasteiger partial charge in [-0.3, -0.25) is 9.78 Å². The molecule has 0 radical (unpaired) electrons. The van der Waals surface area contributed by atoms with Gasteiger partial charge in [-0.1, -0.05) is 54.6 Å². The minimum atomic E-state index is -0.172. The van der Waals surface area contributed by atoms with Crippen molar-refractivity contribution in [3.63, 3.8) is 0 Å². The van der Waals surface area contributed by atoms with Gasteiger partial charge >= 0.3 is 0 Å². The van der Waals surface area contributed by atoms with Crippen LogP contribution in [0.4, 0.5) is 11.5 Å². The van der Waals surface area contributed by atoms with Crippen LogP contribution in [0.15, 0.2) is 103 Å². The molecule has 0 fully saturated rings. The number of anilines is 2. The number of rotatable bonds is 7. The lowest BCUT2D eigenvalue weighted by Gasteiger charge is -2.24. The maximum absolute atomic E-state index is 12.5. The summed E-state index contributed by atoms with van der Waals surface area (Å²) in [6.07, 6.45) is 3.33. The van der Waals surface area contributed by atoms with Crippen LogP contribution in [0, 0.1) is 0 Å². The summed E-state index contributed by atoms with van der Waals surface area (Å²) in [4.78, 5) is 23.4. The molecule has 0 aliphatic heterocycles. The quantitative estimate of drug-likeness (QED) is 0.492. The molecule has 0 aliphatic carbocycles. The second kappa shape index (κ2) is 9.47. The number of hydrogen-bond donors (Lipinski definition) is 1. The summed E-state index contributed by atoms with van der Waals surface area (Å²) >= 11 is 0. The molecular formula is C25H22N4O. The van der Waals surface area contributed by atoms with Crippen LogP contribution < -0.4 is 10.2 Å². The number of nitrogens with one attached hydrogen (secondary N) is 1. The first-order valence-corrected chi connectivity index (χ1v) is 9.80. The molecule has 4 aromatic rings. The van der Waals surface area contributed by atoms with Crippen LogP contribution in [-0.4, -0.2) is 15.9 Å². The predicted molar refractivity (Wildman–Crippen MR) is 118 cm³/mol. The normalized spacial score (nSPS) is 10.4. The minimum absolute atomic E-state index is 0.172. The highest BCUT2D eigenvalue weighted by Gasteiger charge is 2.13. The first-order valence-electron chi connectivity index (χ1n) is 9.80. The van der Waals surface area contributed by atoms with Gasteiger partial charge in [-0.25, -0.2) is 4.98 Å². The molecule has 2 heterocycles. The van der Waals surface area contributed by atoms with Crippen molar-refractivity contribution in [1.82, 2.24) is 15.3 Å². The summed E-state index contributed by atoms with van der Waals surface area (Å²) < 4.78 is 0. The molecule has 0 atom stereocenters. The van der Waals surface area contributed by atoms with E-state index in [9.17, 15) is 4.79 Å². The average molecular weight is 394 g/mol. The van der Waals surface area contributed by atoms with Gasteiger partial charge in [0.15, 0.2) is 0 Å². The molecule has 5 heteroatoms. The highest BCUT2D eigenvalue weighted by molar-refractivity contribution is 5.94. The van der Waals surface area contributed by atoms with Crippen molar-refractivity contribution in [1.29, 1.82) is 0 Å². The third kappa shape index (κ3) is 4.89. The number of para-hydroxylation sites is 1. The van der Waals surface area contributed by atoms with Gasteiger partial charge in [0.1, 0.15) is 5.82 Å². The van der Waals surface area contributed by atoms with E-state index in [4.69, 9.17) is 0 Å². The molecule has 0 spiro atoms. The first-order chi connectivity index (χ1) is 14.8. The number of carbonyl (C=O) groups is 1. The summed E-state index contributed by atoms with van der Waals surface area (Å²) in [5, 5.41) is 2.88. The molecule has 2 aromatic heterocycles. The number of amides is 1. The molecule has 0 saturated carbocycles. The topological polar surface area (TPSA) is 58.1 Å². The van der Waals surface area contributed by atoms with E-state index in [1.807, 2.05) is 60.7 Å². The van der Waals surface area contributed by atoms with Crippen LogP contribution in [0.5, 0.6) is 0 Å². The van der Waals surface area contributed by atoms with Gasteiger partial charge in [0.05, 0.1) is 17.8 Å². The molecule has 1 amide bonds. The third-order valence-corrected chi connectivity index (χ3v) is 4.69. The Morgan fingerprint density at radius 1 is 0.800 bits per heavy atom. The predicted octanol–water partition coefficient (Wildman–Crippen LogP) is 4.74. The van der Waals surface area contributed by atoms with E-state index in [0.717, 1.165) is 17.2 Å². The molecule has 0 bridgehead atoms. The maximum atomic E-state index is 12.5. The molecule has 0 saturated heterocycles. The summed E-state index contributed by atoms with van der Waals surface area (Å²) in [5.74, 6) is 0.611. The van der Waals surface area contributed by atoms with E-state index in [1.165, 1.54) is 5.56 Å². The van der Waals surface area contributed by atoms with E-state index in [1.54, 1.807) is 18.5 Å². The Hall–Kier alpha value is -3.99. The van der Waals surface area contributed by atoms with E-state index in [0.29, 0.717) is 18.7 Å². The third-order valence-electron chi connectivity index (χ3n) is 4.69. The molecule has 1 N–H and O–H groups in total. The van der Waals surface area contributed by atoms with E-state index >= 15 is 0 Å². The highest BCUT2D eigenvalue weighted by atomic mass is 16.1. The smallest absolute Gasteiger partial charge is 0.253 e. The van der Waals surface area contributed by atoms with Gasteiger partial charge in [-0.2, -0.15) is 0 Å². The lowest BCUT2D eigenvalue weighted by molar-refractivity contribution is 0.0950. The number of benzene rings is 2. The van der Waals surface area contributed by atoms with Crippen molar-refractivity contribution in [3.05, 3.63) is 120 Å². The number of carbonyl (C=O) groups excluding carboxylic acids is 1. The van der Waals surface area contributed by atoms with Crippen LogP contribution in [0.2, 0.25) is 0 Å². The van der Waals surface area contributed by atoms with Crippen molar-refractivity contribution in [3.8, 4) is 0 Å².